The van der Waals surface area contributed by atoms with Crippen molar-refractivity contribution < 1.29 is 14.3 Å². The molecule has 3 rings (SSSR count). The highest BCUT2D eigenvalue weighted by Crippen LogP contribution is 2.36. The largest absolute Gasteiger partial charge is 0.494 e. The molecule has 0 amide bonds. The lowest BCUT2D eigenvalue weighted by Gasteiger charge is -2.18. The predicted octanol–water partition coefficient (Wildman–Crippen LogP) is 5.59. The average Bonchev–Trinajstić information content (AvgIpc) is 2.76. The van der Waals surface area contributed by atoms with Gasteiger partial charge in [-0.2, -0.15) is 0 Å². The van der Waals surface area contributed by atoms with E-state index in [2.05, 4.69) is 45.0 Å². The van der Waals surface area contributed by atoms with E-state index < -0.39 is 0 Å². The third-order valence-corrected chi connectivity index (χ3v) is 5.39. The molecule has 0 aliphatic heterocycles. The van der Waals surface area contributed by atoms with E-state index in [9.17, 15) is 4.79 Å². The molecule has 2 aromatic carbocycles. The molecule has 5 heteroatoms. The number of carbonyl (C=O) groups excluding carboxylic acids is 1. The molecule has 0 aliphatic carbocycles. The number of ether oxygens (including phenoxy) is 2. The highest BCUT2D eigenvalue weighted by atomic mass is 16.5. The summed E-state index contributed by atoms with van der Waals surface area (Å²) in [6.07, 6.45) is 1.85. The number of hydrogen-bond acceptors (Lipinski definition) is 5. The van der Waals surface area contributed by atoms with Crippen molar-refractivity contribution in [2.75, 3.05) is 13.2 Å². The zero-order chi connectivity index (χ0) is 23.1. The molecule has 1 aromatic heterocycles. The number of nitrogens with two attached hydrogens (primary N) is 1. The molecule has 0 aliphatic rings. The molecule has 0 spiro atoms. The topological polar surface area (TPSA) is 74.4 Å². The SMILES string of the molecule is CCOC(=O)CCCOc1ccc2nc(CC(C)C)c(CN)c(-c3ccc(C)cc3)c2c1. The van der Waals surface area contributed by atoms with Gasteiger partial charge in [0.15, 0.2) is 0 Å². The molecule has 0 fully saturated rings. The summed E-state index contributed by atoms with van der Waals surface area (Å²) in [5.41, 5.74) is 12.8. The number of fused-ring (bicyclic) bond motifs is 1. The summed E-state index contributed by atoms with van der Waals surface area (Å²) in [4.78, 5) is 16.5. The molecule has 3 aromatic rings. The number of hydrogen-bond donors (Lipinski definition) is 1. The Balaban J connectivity index is 1.99. The highest BCUT2D eigenvalue weighted by Gasteiger charge is 2.17. The molecular weight excluding hydrogens is 400 g/mol. The van der Waals surface area contributed by atoms with Crippen LogP contribution in [0.5, 0.6) is 5.75 Å². The fourth-order valence-corrected chi connectivity index (χ4v) is 3.89. The number of rotatable bonds is 10. The van der Waals surface area contributed by atoms with Gasteiger partial charge in [-0.05, 0) is 67.5 Å². The third-order valence-electron chi connectivity index (χ3n) is 5.39. The van der Waals surface area contributed by atoms with Crippen molar-refractivity contribution in [1.29, 1.82) is 0 Å². The Morgan fingerprint density at radius 1 is 1.12 bits per heavy atom. The molecule has 1 heterocycles. The van der Waals surface area contributed by atoms with E-state index in [0.717, 1.165) is 45.5 Å². The second kappa shape index (κ2) is 11.1. The molecule has 32 heavy (non-hydrogen) atoms. The quantitative estimate of drug-likeness (QED) is 0.333. The summed E-state index contributed by atoms with van der Waals surface area (Å²) in [6, 6.07) is 14.5. The van der Waals surface area contributed by atoms with Gasteiger partial charge in [0.2, 0.25) is 0 Å². The number of carbonyl (C=O) groups is 1. The average molecular weight is 435 g/mol. The Hall–Kier alpha value is -2.92. The first-order chi connectivity index (χ1) is 15.4. The Labute approximate surface area is 190 Å². The maximum Gasteiger partial charge on any atom is 0.305 e. The first-order valence-corrected chi connectivity index (χ1v) is 11.4. The summed E-state index contributed by atoms with van der Waals surface area (Å²) in [5, 5.41) is 1.03. The van der Waals surface area contributed by atoms with Gasteiger partial charge in [0.25, 0.3) is 0 Å². The van der Waals surface area contributed by atoms with Gasteiger partial charge in [-0.1, -0.05) is 43.7 Å². The number of nitrogens with zero attached hydrogens (tertiary/aromatic N) is 1. The highest BCUT2D eigenvalue weighted by molar-refractivity contribution is 5.97. The van der Waals surface area contributed by atoms with Crippen LogP contribution in [-0.4, -0.2) is 24.2 Å². The van der Waals surface area contributed by atoms with Crippen LogP contribution in [0.1, 0.15) is 50.4 Å². The number of esters is 1. The van der Waals surface area contributed by atoms with E-state index in [-0.39, 0.29) is 5.97 Å². The fourth-order valence-electron chi connectivity index (χ4n) is 3.89. The molecule has 5 nitrogen and oxygen atoms in total. The minimum Gasteiger partial charge on any atom is -0.494 e. The molecule has 0 radical (unpaired) electrons. The summed E-state index contributed by atoms with van der Waals surface area (Å²) in [6.45, 7) is 9.58. The van der Waals surface area contributed by atoms with E-state index in [0.29, 0.717) is 38.5 Å². The van der Waals surface area contributed by atoms with Crippen LogP contribution in [0.4, 0.5) is 0 Å². The van der Waals surface area contributed by atoms with Gasteiger partial charge in [-0.3, -0.25) is 9.78 Å². The summed E-state index contributed by atoms with van der Waals surface area (Å²) >= 11 is 0. The van der Waals surface area contributed by atoms with Gasteiger partial charge in [0, 0.05) is 24.0 Å². The second-order valence-corrected chi connectivity index (χ2v) is 8.52. The van der Waals surface area contributed by atoms with Crippen LogP contribution in [0.2, 0.25) is 0 Å². The number of aryl methyl sites for hydroxylation is 1. The first kappa shape index (κ1) is 23.7. The van der Waals surface area contributed by atoms with Crippen LogP contribution in [0.15, 0.2) is 42.5 Å². The smallest absolute Gasteiger partial charge is 0.305 e. The van der Waals surface area contributed by atoms with E-state index in [1.807, 2.05) is 25.1 Å². The number of benzene rings is 2. The minimum absolute atomic E-state index is 0.189. The van der Waals surface area contributed by atoms with Gasteiger partial charge >= 0.3 is 5.97 Å². The van der Waals surface area contributed by atoms with Gasteiger partial charge in [-0.25, -0.2) is 0 Å². The van der Waals surface area contributed by atoms with Crippen LogP contribution in [0.3, 0.4) is 0 Å². The molecule has 0 bridgehead atoms. The first-order valence-electron chi connectivity index (χ1n) is 11.4. The summed E-state index contributed by atoms with van der Waals surface area (Å²) in [5.74, 6) is 1.06. The lowest BCUT2D eigenvalue weighted by molar-refractivity contribution is -0.143. The molecule has 0 atom stereocenters. The fraction of sp³-hybridized carbons (Fsp3) is 0.407. The van der Waals surface area contributed by atoms with Crippen molar-refractivity contribution in [3.8, 4) is 16.9 Å². The third kappa shape index (κ3) is 5.86. The molecule has 170 valence electrons. The van der Waals surface area contributed by atoms with Crippen molar-refractivity contribution in [3.63, 3.8) is 0 Å². The maximum absolute atomic E-state index is 11.5. The van der Waals surface area contributed by atoms with E-state index in [4.69, 9.17) is 20.2 Å². The van der Waals surface area contributed by atoms with Crippen molar-refractivity contribution >= 4 is 16.9 Å². The van der Waals surface area contributed by atoms with Crippen molar-refractivity contribution in [1.82, 2.24) is 4.98 Å². The zero-order valence-electron chi connectivity index (χ0n) is 19.6. The zero-order valence-corrected chi connectivity index (χ0v) is 19.6. The molecule has 0 saturated carbocycles. The Bertz CT molecular complexity index is 1060. The Morgan fingerprint density at radius 2 is 1.88 bits per heavy atom. The summed E-state index contributed by atoms with van der Waals surface area (Å²) in [7, 11) is 0. The van der Waals surface area contributed by atoms with Gasteiger partial charge < -0.3 is 15.2 Å². The van der Waals surface area contributed by atoms with Crippen LogP contribution in [0.25, 0.3) is 22.0 Å². The second-order valence-electron chi connectivity index (χ2n) is 8.52. The number of aromatic nitrogens is 1. The Morgan fingerprint density at radius 3 is 2.53 bits per heavy atom. The summed E-state index contributed by atoms with van der Waals surface area (Å²) < 4.78 is 10.9. The van der Waals surface area contributed by atoms with Crippen LogP contribution >= 0.6 is 0 Å². The lowest BCUT2D eigenvalue weighted by atomic mass is 9.91. The van der Waals surface area contributed by atoms with Crippen molar-refractivity contribution in [3.05, 3.63) is 59.3 Å². The van der Waals surface area contributed by atoms with Gasteiger partial charge in [0.1, 0.15) is 5.75 Å². The van der Waals surface area contributed by atoms with Crippen LogP contribution in [0, 0.1) is 12.8 Å². The van der Waals surface area contributed by atoms with Crippen LogP contribution in [-0.2, 0) is 22.5 Å². The molecular formula is C27H34N2O3. The maximum atomic E-state index is 11.5. The van der Waals surface area contributed by atoms with Gasteiger partial charge in [0.05, 0.1) is 18.7 Å². The molecule has 2 N–H and O–H groups in total. The number of pyridine rings is 1. The minimum atomic E-state index is -0.189. The van der Waals surface area contributed by atoms with E-state index in [1.165, 1.54) is 5.56 Å². The normalized spacial score (nSPS) is 11.2. The van der Waals surface area contributed by atoms with Crippen molar-refractivity contribution in [2.24, 2.45) is 11.7 Å². The van der Waals surface area contributed by atoms with E-state index in [1.54, 1.807) is 0 Å². The van der Waals surface area contributed by atoms with Crippen LogP contribution < -0.4 is 10.5 Å². The van der Waals surface area contributed by atoms with Crippen molar-refractivity contribution in [2.45, 2.75) is 53.5 Å². The molecule has 0 unspecified atom stereocenters. The monoisotopic (exact) mass is 434 g/mol. The molecule has 0 saturated heterocycles. The standard InChI is InChI=1S/C27H34N2O3/c1-5-31-26(30)7-6-14-32-21-12-13-24-22(16-21)27(20-10-8-19(4)9-11-20)23(17-28)25(29-24)15-18(2)3/h8-13,16,18H,5-7,14-15,17,28H2,1-4H3. The lowest BCUT2D eigenvalue weighted by Crippen LogP contribution is -2.10. The van der Waals surface area contributed by atoms with Gasteiger partial charge in [-0.15, -0.1) is 0 Å². The van der Waals surface area contributed by atoms with E-state index >= 15 is 0 Å². The Kier molecular flexibility index (Phi) is 8.23. The predicted molar refractivity (Wildman–Crippen MR) is 130 cm³/mol.